The van der Waals surface area contributed by atoms with Crippen molar-refractivity contribution in [1.29, 1.82) is 0 Å². The van der Waals surface area contributed by atoms with Crippen molar-refractivity contribution in [2.24, 2.45) is 5.92 Å². The molecule has 2 aliphatic rings. The zero-order valence-corrected chi connectivity index (χ0v) is 15.5. The molecule has 28 heavy (non-hydrogen) atoms. The maximum absolute atomic E-state index is 13.1. The number of carbonyl (C=O) groups is 1. The van der Waals surface area contributed by atoms with Crippen LogP contribution in [0, 0.1) is 5.92 Å². The average molecular weight is 377 g/mol. The second-order valence-corrected chi connectivity index (χ2v) is 7.91. The number of benzene rings is 2. The van der Waals surface area contributed by atoms with Gasteiger partial charge in [0.25, 0.3) is 0 Å². The monoisotopic (exact) mass is 377 g/mol. The Morgan fingerprint density at radius 3 is 2.54 bits per heavy atom. The van der Waals surface area contributed by atoms with Crippen molar-refractivity contribution in [2.75, 3.05) is 0 Å². The number of imidazole rings is 1. The summed E-state index contributed by atoms with van der Waals surface area (Å²) in [5.74, 6) is 0.503. The highest BCUT2D eigenvalue weighted by molar-refractivity contribution is 5.89. The third-order valence-electron chi connectivity index (χ3n) is 6.19. The molecule has 2 atom stereocenters. The molecule has 0 spiro atoms. The summed E-state index contributed by atoms with van der Waals surface area (Å²) >= 11 is 0. The molecule has 0 radical (unpaired) electrons. The van der Waals surface area contributed by atoms with Crippen LogP contribution in [0.25, 0.3) is 11.0 Å². The summed E-state index contributed by atoms with van der Waals surface area (Å²) in [4.78, 5) is 26.2. The summed E-state index contributed by atoms with van der Waals surface area (Å²) in [6.07, 6.45) is 3.27. The average Bonchev–Trinajstić information content (AvgIpc) is 3.12. The molecule has 1 fully saturated rings. The van der Waals surface area contributed by atoms with Gasteiger partial charge in [-0.15, -0.1) is 0 Å². The molecule has 2 aliphatic carbocycles. The molecule has 2 N–H and O–H groups in total. The first-order valence-corrected chi connectivity index (χ1v) is 9.90. The van der Waals surface area contributed by atoms with E-state index in [-0.39, 0.29) is 5.69 Å². The van der Waals surface area contributed by atoms with Crippen LogP contribution in [0.15, 0.2) is 53.3 Å². The number of aromatic nitrogens is 2. The van der Waals surface area contributed by atoms with Gasteiger partial charge in [-0.1, -0.05) is 42.8 Å². The van der Waals surface area contributed by atoms with Crippen LogP contribution in [0.3, 0.4) is 0 Å². The number of nitrogens with one attached hydrogen (secondary N) is 1. The SMILES string of the molecule is O=C(N[C@H]1c2ccccc2C[C@H]1O)n1c(=O)n(CC2CCC2)c2ccccc21. The maximum atomic E-state index is 13.1. The zero-order valence-electron chi connectivity index (χ0n) is 15.5. The van der Waals surface area contributed by atoms with Crippen LogP contribution in [0.5, 0.6) is 0 Å². The van der Waals surface area contributed by atoms with Crippen molar-refractivity contribution in [3.63, 3.8) is 0 Å². The molecule has 6 heteroatoms. The minimum absolute atomic E-state index is 0.314. The van der Waals surface area contributed by atoms with Gasteiger partial charge in [0.15, 0.2) is 0 Å². The number of rotatable bonds is 3. The van der Waals surface area contributed by atoms with Gasteiger partial charge in [-0.2, -0.15) is 0 Å². The summed E-state index contributed by atoms with van der Waals surface area (Å²) in [7, 11) is 0. The van der Waals surface area contributed by atoms with Crippen LogP contribution >= 0.6 is 0 Å². The number of aliphatic hydroxyl groups is 1. The van der Waals surface area contributed by atoms with E-state index in [0.717, 1.165) is 29.5 Å². The standard InChI is InChI=1S/C22H23N3O3/c26-19-12-15-8-1-2-9-16(15)20(19)23-21(27)25-18-11-4-3-10-17(18)24(22(25)28)13-14-6-5-7-14/h1-4,8-11,14,19-20,26H,5-7,12-13H2,(H,23,27)/t19-,20+/m1/s1. The highest BCUT2D eigenvalue weighted by Gasteiger charge is 2.33. The zero-order chi connectivity index (χ0) is 19.3. The Kier molecular flexibility index (Phi) is 4.09. The molecule has 0 unspecified atom stereocenters. The number of hydrogen-bond acceptors (Lipinski definition) is 3. The molecule has 1 saturated carbocycles. The molecule has 6 nitrogen and oxygen atoms in total. The second kappa shape index (κ2) is 6.63. The lowest BCUT2D eigenvalue weighted by Crippen LogP contribution is -2.41. The van der Waals surface area contributed by atoms with Crippen LogP contribution in [-0.4, -0.2) is 26.4 Å². The molecule has 2 aromatic carbocycles. The van der Waals surface area contributed by atoms with Gasteiger partial charge in [0.2, 0.25) is 0 Å². The topological polar surface area (TPSA) is 76.3 Å². The van der Waals surface area contributed by atoms with Crippen LogP contribution in [-0.2, 0) is 13.0 Å². The van der Waals surface area contributed by atoms with E-state index in [9.17, 15) is 14.7 Å². The number of carbonyl (C=O) groups excluding carboxylic acids is 1. The van der Waals surface area contributed by atoms with Gasteiger partial charge in [-0.3, -0.25) is 4.57 Å². The van der Waals surface area contributed by atoms with E-state index in [2.05, 4.69) is 5.32 Å². The van der Waals surface area contributed by atoms with E-state index in [0.29, 0.717) is 24.4 Å². The Labute approximate surface area is 162 Å². The first-order valence-electron chi connectivity index (χ1n) is 9.90. The third kappa shape index (κ3) is 2.67. The lowest BCUT2D eigenvalue weighted by Gasteiger charge is -2.25. The predicted octanol–water partition coefficient (Wildman–Crippen LogP) is 2.82. The highest BCUT2D eigenvalue weighted by atomic mass is 16.3. The Hall–Kier alpha value is -2.86. The van der Waals surface area contributed by atoms with Crippen molar-refractivity contribution in [2.45, 2.75) is 44.4 Å². The van der Waals surface area contributed by atoms with Gasteiger partial charge >= 0.3 is 11.7 Å². The van der Waals surface area contributed by atoms with Gasteiger partial charge in [0.1, 0.15) is 0 Å². The van der Waals surface area contributed by atoms with Gasteiger partial charge < -0.3 is 10.4 Å². The van der Waals surface area contributed by atoms with E-state index in [1.807, 2.05) is 42.5 Å². The van der Waals surface area contributed by atoms with E-state index in [4.69, 9.17) is 0 Å². The minimum Gasteiger partial charge on any atom is -0.390 e. The van der Waals surface area contributed by atoms with Crippen molar-refractivity contribution < 1.29 is 9.90 Å². The number of fused-ring (bicyclic) bond motifs is 2. The van der Waals surface area contributed by atoms with Crippen LogP contribution in [0.2, 0.25) is 0 Å². The summed E-state index contributed by atoms with van der Waals surface area (Å²) in [6, 6.07) is 14.1. The molecule has 3 aromatic rings. The Morgan fingerprint density at radius 1 is 1.07 bits per heavy atom. The molecule has 0 saturated heterocycles. The summed E-state index contributed by atoms with van der Waals surface area (Å²) in [5, 5.41) is 13.3. The fraction of sp³-hybridized carbons (Fsp3) is 0.364. The summed E-state index contributed by atoms with van der Waals surface area (Å²) < 4.78 is 2.93. The van der Waals surface area contributed by atoms with Crippen LogP contribution < -0.4 is 11.0 Å². The number of para-hydroxylation sites is 2. The van der Waals surface area contributed by atoms with E-state index in [1.165, 1.54) is 11.0 Å². The van der Waals surface area contributed by atoms with E-state index < -0.39 is 18.2 Å². The van der Waals surface area contributed by atoms with Crippen molar-refractivity contribution in [3.05, 3.63) is 70.1 Å². The molecule has 0 bridgehead atoms. The molecule has 1 heterocycles. The van der Waals surface area contributed by atoms with Crippen LogP contribution in [0.1, 0.15) is 36.4 Å². The maximum Gasteiger partial charge on any atom is 0.337 e. The molecule has 0 aliphatic heterocycles. The van der Waals surface area contributed by atoms with Gasteiger partial charge in [-0.25, -0.2) is 14.2 Å². The first kappa shape index (κ1) is 17.3. The molecule has 144 valence electrons. The van der Waals surface area contributed by atoms with Gasteiger partial charge in [-0.05, 0) is 42.0 Å². The second-order valence-electron chi connectivity index (χ2n) is 7.91. The van der Waals surface area contributed by atoms with Crippen molar-refractivity contribution in [3.8, 4) is 0 Å². The quantitative estimate of drug-likeness (QED) is 0.737. The predicted molar refractivity (Wildman–Crippen MR) is 106 cm³/mol. The minimum atomic E-state index is -0.694. The normalized spacial score (nSPS) is 21.5. The Bertz CT molecular complexity index is 1110. The first-order chi connectivity index (χ1) is 13.6. The van der Waals surface area contributed by atoms with Crippen molar-refractivity contribution in [1.82, 2.24) is 14.5 Å². The number of hydrogen-bond donors (Lipinski definition) is 2. The molecule has 1 amide bonds. The lowest BCUT2D eigenvalue weighted by atomic mass is 9.85. The largest absolute Gasteiger partial charge is 0.390 e. The van der Waals surface area contributed by atoms with Gasteiger partial charge in [0, 0.05) is 13.0 Å². The molecular formula is C22H23N3O3. The van der Waals surface area contributed by atoms with Crippen molar-refractivity contribution >= 4 is 17.1 Å². The number of nitrogens with zero attached hydrogens (tertiary/aromatic N) is 2. The smallest absolute Gasteiger partial charge is 0.337 e. The third-order valence-corrected chi connectivity index (χ3v) is 6.19. The lowest BCUT2D eigenvalue weighted by molar-refractivity contribution is 0.142. The molecule has 5 rings (SSSR count). The Balaban J connectivity index is 1.52. The van der Waals surface area contributed by atoms with E-state index >= 15 is 0 Å². The summed E-state index contributed by atoms with van der Waals surface area (Å²) in [5.41, 5.74) is 3.01. The van der Waals surface area contributed by atoms with E-state index in [1.54, 1.807) is 10.6 Å². The van der Waals surface area contributed by atoms with Gasteiger partial charge in [0.05, 0.1) is 23.2 Å². The summed E-state index contributed by atoms with van der Waals surface area (Å²) in [6.45, 7) is 0.647. The molecule has 1 aromatic heterocycles. The number of aliphatic hydroxyl groups excluding tert-OH is 1. The number of amides is 1. The fourth-order valence-corrected chi connectivity index (χ4v) is 4.46. The highest BCUT2D eigenvalue weighted by Crippen LogP contribution is 2.32. The Morgan fingerprint density at radius 2 is 1.79 bits per heavy atom. The molecular weight excluding hydrogens is 354 g/mol. The van der Waals surface area contributed by atoms with Crippen LogP contribution in [0.4, 0.5) is 4.79 Å². The fourth-order valence-electron chi connectivity index (χ4n) is 4.46.